The van der Waals surface area contributed by atoms with Crippen LogP contribution in [0.2, 0.25) is 0 Å². The van der Waals surface area contributed by atoms with Crippen LogP contribution in [0.5, 0.6) is 0 Å². The summed E-state index contributed by atoms with van der Waals surface area (Å²) in [6, 6.07) is 0. The number of nitrogens with zero attached hydrogens (tertiary/aromatic N) is 3. The van der Waals surface area contributed by atoms with Crippen molar-refractivity contribution in [3.05, 3.63) is 11.4 Å². The zero-order chi connectivity index (χ0) is 14.3. The Hall–Kier alpha value is -0.920. The van der Waals surface area contributed by atoms with Crippen LogP contribution in [-0.2, 0) is 17.1 Å². The summed E-state index contributed by atoms with van der Waals surface area (Å²) in [4.78, 5) is 0.272. The third-order valence-corrected chi connectivity index (χ3v) is 5.74. The average Bonchev–Trinajstić information content (AvgIpc) is 2.52. The lowest BCUT2D eigenvalue weighted by Crippen LogP contribution is -2.50. The summed E-state index contributed by atoms with van der Waals surface area (Å²) in [7, 11) is -0.298. The fourth-order valence-corrected chi connectivity index (χ4v) is 3.64. The maximum absolute atomic E-state index is 12.6. The van der Waals surface area contributed by atoms with Gasteiger partial charge >= 0.3 is 0 Å². The average molecular weight is 274 g/mol. The Bertz CT molecular complexity index is 546. The minimum absolute atomic E-state index is 0.251. The van der Waals surface area contributed by atoms with Gasteiger partial charge in [0.2, 0.25) is 10.0 Å². The molecule has 6 nitrogen and oxygen atoms in total. The number of nitrogens with two attached hydrogens (primary N) is 1. The molecule has 0 atom stereocenters. The van der Waals surface area contributed by atoms with Gasteiger partial charge < -0.3 is 5.73 Å². The van der Waals surface area contributed by atoms with E-state index in [-0.39, 0.29) is 11.4 Å². The molecule has 7 heteroatoms. The van der Waals surface area contributed by atoms with E-state index >= 15 is 0 Å². The van der Waals surface area contributed by atoms with E-state index in [0.29, 0.717) is 11.4 Å². The molecule has 2 N–H and O–H groups in total. The van der Waals surface area contributed by atoms with Crippen LogP contribution in [0.1, 0.15) is 25.2 Å². The summed E-state index contributed by atoms with van der Waals surface area (Å²) < 4.78 is 28.1. The molecule has 0 bridgehead atoms. The zero-order valence-electron chi connectivity index (χ0n) is 11.9. The van der Waals surface area contributed by atoms with Gasteiger partial charge in [0.15, 0.2) is 0 Å². The molecule has 0 unspecified atom stereocenters. The van der Waals surface area contributed by atoms with E-state index in [9.17, 15) is 8.42 Å². The van der Waals surface area contributed by atoms with Crippen molar-refractivity contribution in [1.82, 2.24) is 14.1 Å². The normalized spacial score (nSPS) is 13.3. The molecule has 1 aromatic rings. The van der Waals surface area contributed by atoms with Crippen molar-refractivity contribution in [1.29, 1.82) is 0 Å². The minimum Gasteiger partial charge on any atom is -0.329 e. The molecule has 1 aromatic heterocycles. The first kappa shape index (κ1) is 15.1. The minimum atomic E-state index is -3.58. The first-order valence-electron chi connectivity index (χ1n) is 5.75. The van der Waals surface area contributed by atoms with Crippen LogP contribution in [0, 0.1) is 13.8 Å². The van der Waals surface area contributed by atoms with Crippen LogP contribution in [0.25, 0.3) is 0 Å². The number of aryl methyl sites for hydroxylation is 2. The van der Waals surface area contributed by atoms with E-state index < -0.39 is 15.6 Å². The van der Waals surface area contributed by atoms with E-state index in [1.807, 2.05) is 0 Å². The fourth-order valence-electron chi connectivity index (χ4n) is 1.72. The summed E-state index contributed by atoms with van der Waals surface area (Å²) in [5.74, 6) is 0. The van der Waals surface area contributed by atoms with Crippen LogP contribution in [0.15, 0.2) is 4.90 Å². The second-order valence-corrected chi connectivity index (χ2v) is 7.02. The summed E-state index contributed by atoms with van der Waals surface area (Å²) >= 11 is 0. The number of rotatable bonds is 4. The zero-order valence-corrected chi connectivity index (χ0v) is 12.7. The van der Waals surface area contributed by atoms with Gasteiger partial charge in [-0.25, -0.2) is 8.42 Å². The van der Waals surface area contributed by atoms with Crippen LogP contribution >= 0.6 is 0 Å². The number of sulfonamides is 1. The molecule has 0 spiro atoms. The molecule has 18 heavy (non-hydrogen) atoms. The van der Waals surface area contributed by atoms with Crippen molar-refractivity contribution < 1.29 is 8.42 Å². The Morgan fingerprint density at radius 1 is 1.39 bits per heavy atom. The smallest absolute Gasteiger partial charge is 0.247 e. The third-order valence-electron chi connectivity index (χ3n) is 3.41. The molecular formula is C11H22N4O2S. The summed E-state index contributed by atoms with van der Waals surface area (Å²) in [5.41, 5.74) is 6.15. The van der Waals surface area contributed by atoms with E-state index in [1.165, 1.54) is 4.31 Å². The summed E-state index contributed by atoms with van der Waals surface area (Å²) in [5, 5.41) is 4.15. The molecule has 0 saturated carbocycles. The van der Waals surface area contributed by atoms with Crippen LogP contribution < -0.4 is 5.73 Å². The molecule has 1 rings (SSSR count). The lowest BCUT2D eigenvalue weighted by atomic mass is 10.1. The van der Waals surface area contributed by atoms with E-state index in [0.717, 1.165) is 0 Å². The second-order valence-electron chi connectivity index (χ2n) is 5.11. The van der Waals surface area contributed by atoms with Crippen LogP contribution in [0.4, 0.5) is 0 Å². The lowest BCUT2D eigenvalue weighted by molar-refractivity contribution is 0.273. The number of likely N-dealkylation sites (N-methyl/N-ethyl adjacent to an activating group) is 1. The van der Waals surface area contributed by atoms with Crippen molar-refractivity contribution in [2.75, 3.05) is 13.6 Å². The molecule has 104 valence electrons. The highest BCUT2D eigenvalue weighted by Gasteiger charge is 2.36. The molecule has 0 fully saturated rings. The topological polar surface area (TPSA) is 81.2 Å². The van der Waals surface area contributed by atoms with Crippen molar-refractivity contribution in [2.24, 2.45) is 12.8 Å². The highest BCUT2D eigenvalue weighted by molar-refractivity contribution is 7.89. The Morgan fingerprint density at radius 2 is 1.89 bits per heavy atom. The predicted molar refractivity (Wildman–Crippen MR) is 70.8 cm³/mol. The van der Waals surface area contributed by atoms with Crippen molar-refractivity contribution in [3.8, 4) is 0 Å². The molecule has 0 radical (unpaired) electrons. The Morgan fingerprint density at radius 3 is 2.22 bits per heavy atom. The van der Waals surface area contributed by atoms with Gasteiger partial charge in [0.25, 0.3) is 0 Å². The van der Waals surface area contributed by atoms with Crippen LogP contribution in [0.3, 0.4) is 0 Å². The Balaban J connectivity index is 3.39. The van der Waals surface area contributed by atoms with Gasteiger partial charge in [-0.15, -0.1) is 0 Å². The number of hydrogen-bond acceptors (Lipinski definition) is 4. The van der Waals surface area contributed by atoms with Gasteiger partial charge in [0, 0.05) is 26.2 Å². The van der Waals surface area contributed by atoms with Gasteiger partial charge in [-0.05, 0) is 27.7 Å². The second kappa shape index (κ2) is 4.64. The van der Waals surface area contributed by atoms with Crippen molar-refractivity contribution in [2.45, 2.75) is 38.1 Å². The number of aromatic nitrogens is 2. The monoisotopic (exact) mass is 274 g/mol. The quantitative estimate of drug-likeness (QED) is 0.861. The largest absolute Gasteiger partial charge is 0.329 e. The summed E-state index contributed by atoms with van der Waals surface area (Å²) in [6.07, 6.45) is 0. The first-order chi connectivity index (χ1) is 8.05. The van der Waals surface area contributed by atoms with E-state index in [2.05, 4.69) is 5.10 Å². The van der Waals surface area contributed by atoms with E-state index in [4.69, 9.17) is 5.73 Å². The highest BCUT2D eigenvalue weighted by atomic mass is 32.2. The highest BCUT2D eigenvalue weighted by Crippen LogP contribution is 2.26. The third kappa shape index (κ3) is 2.30. The van der Waals surface area contributed by atoms with Gasteiger partial charge in [-0.1, -0.05) is 0 Å². The summed E-state index contributed by atoms with van der Waals surface area (Å²) in [6.45, 7) is 7.29. The maximum atomic E-state index is 12.6. The number of hydrogen-bond donors (Lipinski definition) is 1. The van der Waals surface area contributed by atoms with Gasteiger partial charge in [0.05, 0.1) is 11.4 Å². The molecule has 0 amide bonds. The molecule has 0 aliphatic rings. The SMILES string of the molecule is Cc1nn(C)c(C)c1S(=O)(=O)N(C)C(C)(C)CN. The van der Waals surface area contributed by atoms with Gasteiger partial charge in [0.1, 0.15) is 4.90 Å². The van der Waals surface area contributed by atoms with E-state index in [1.54, 1.807) is 46.5 Å². The lowest BCUT2D eigenvalue weighted by Gasteiger charge is -2.33. The molecule has 1 heterocycles. The molecular weight excluding hydrogens is 252 g/mol. The van der Waals surface area contributed by atoms with Crippen LogP contribution in [-0.4, -0.2) is 41.6 Å². The van der Waals surface area contributed by atoms with Crippen molar-refractivity contribution >= 4 is 10.0 Å². The Labute approximate surface area is 109 Å². The maximum Gasteiger partial charge on any atom is 0.247 e. The molecule has 0 aliphatic carbocycles. The molecule has 0 aliphatic heterocycles. The first-order valence-corrected chi connectivity index (χ1v) is 7.19. The fraction of sp³-hybridized carbons (Fsp3) is 0.727. The van der Waals surface area contributed by atoms with Crippen molar-refractivity contribution in [3.63, 3.8) is 0 Å². The Kier molecular flexibility index (Phi) is 3.90. The van der Waals surface area contributed by atoms with Gasteiger partial charge in [-0.2, -0.15) is 9.40 Å². The molecule has 0 aromatic carbocycles. The predicted octanol–water partition coefficient (Wildman–Crippen LogP) is 0.395. The molecule has 0 saturated heterocycles. The standard InChI is InChI=1S/C11H22N4O2S/c1-8-10(9(2)14(5)13-8)18(16,17)15(6)11(3,4)7-12/h7,12H2,1-6H3. The van der Waals surface area contributed by atoms with Gasteiger partial charge in [-0.3, -0.25) is 4.68 Å².